The second kappa shape index (κ2) is 7.67. The van der Waals surface area contributed by atoms with Crippen molar-refractivity contribution in [1.82, 2.24) is 10.6 Å². The van der Waals surface area contributed by atoms with Crippen molar-refractivity contribution >= 4 is 12.0 Å². The van der Waals surface area contributed by atoms with Crippen molar-refractivity contribution in [2.24, 2.45) is 0 Å². The molecule has 2 rings (SSSR count). The van der Waals surface area contributed by atoms with Crippen LogP contribution in [0.5, 0.6) is 0 Å². The van der Waals surface area contributed by atoms with Crippen LogP contribution in [0.1, 0.15) is 31.2 Å². The zero-order chi connectivity index (χ0) is 15.1. The third-order valence-electron chi connectivity index (χ3n) is 3.76. The molecule has 1 aliphatic carbocycles. The number of hydrogen-bond acceptors (Lipinski definition) is 3. The highest BCUT2D eigenvalue weighted by Crippen LogP contribution is 2.17. The maximum atomic E-state index is 12.0. The van der Waals surface area contributed by atoms with Gasteiger partial charge in [0.1, 0.15) is 6.04 Å². The van der Waals surface area contributed by atoms with E-state index in [0.717, 1.165) is 31.2 Å². The van der Waals surface area contributed by atoms with E-state index in [2.05, 4.69) is 10.6 Å². The van der Waals surface area contributed by atoms with Gasteiger partial charge >= 0.3 is 12.0 Å². The summed E-state index contributed by atoms with van der Waals surface area (Å²) in [6.45, 7) is 0. The van der Waals surface area contributed by atoms with E-state index in [-0.39, 0.29) is 12.1 Å². The standard InChI is InChI=1S/C16H22N2O3/c1-21-15(19)14(11-12-7-3-2-4-8-12)18-16(20)17-13-9-5-6-10-13/h2-4,7-8,13-14H,5-6,9-11H2,1H3,(H2,17,18,20)/t14-/m0/s1. The number of carbonyl (C=O) groups is 2. The summed E-state index contributed by atoms with van der Waals surface area (Å²) < 4.78 is 4.77. The van der Waals surface area contributed by atoms with Crippen molar-refractivity contribution in [2.75, 3.05) is 7.11 Å². The molecule has 0 heterocycles. The predicted molar refractivity (Wildman–Crippen MR) is 79.9 cm³/mol. The monoisotopic (exact) mass is 290 g/mol. The minimum Gasteiger partial charge on any atom is -0.467 e. The minimum absolute atomic E-state index is 0.222. The van der Waals surface area contributed by atoms with Gasteiger partial charge in [-0.1, -0.05) is 43.2 Å². The molecule has 1 saturated carbocycles. The molecule has 0 saturated heterocycles. The predicted octanol–water partition coefficient (Wildman–Crippen LogP) is 2.01. The number of hydrogen-bond donors (Lipinski definition) is 2. The first-order valence-corrected chi connectivity index (χ1v) is 7.38. The molecule has 5 heteroatoms. The van der Waals surface area contributed by atoms with Gasteiger partial charge in [0.25, 0.3) is 0 Å². The van der Waals surface area contributed by atoms with Gasteiger partial charge in [0.15, 0.2) is 0 Å². The Hall–Kier alpha value is -2.04. The molecule has 0 radical (unpaired) electrons. The van der Waals surface area contributed by atoms with Crippen molar-refractivity contribution in [2.45, 2.75) is 44.2 Å². The van der Waals surface area contributed by atoms with Crippen LogP contribution in [0.4, 0.5) is 4.79 Å². The van der Waals surface area contributed by atoms with E-state index < -0.39 is 12.0 Å². The number of ether oxygens (including phenoxy) is 1. The van der Waals surface area contributed by atoms with Crippen LogP contribution in [0.15, 0.2) is 30.3 Å². The van der Waals surface area contributed by atoms with Gasteiger partial charge < -0.3 is 15.4 Å². The van der Waals surface area contributed by atoms with E-state index in [1.165, 1.54) is 7.11 Å². The van der Waals surface area contributed by atoms with E-state index in [1.807, 2.05) is 30.3 Å². The maximum Gasteiger partial charge on any atom is 0.328 e. The molecule has 1 fully saturated rings. The molecule has 5 nitrogen and oxygen atoms in total. The Balaban J connectivity index is 1.92. The maximum absolute atomic E-state index is 12.0. The Labute approximate surface area is 125 Å². The van der Waals surface area contributed by atoms with Crippen LogP contribution in [0.25, 0.3) is 0 Å². The molecule has 2 amide bonds. The summed E-state index contributed by atoms with van der Waals surface area (Å²) in [4.78, 5) is 23.8. The van der Waals surface area contributed by atoms with Crippen LogP contribution in [-0.2, 0) is 16.0 Å². The lowest BCUT2D eigenvalue weighted by Crippen LogP contribution is -2.49. The highest BCUT2D eigenvalue weighted by Gasteiger charge is 2.24. The number of carbonyl (C=O) groups excluding carboxylic acids is 2. The van der Waals surface area contributed by atoms with Crippen molar-refractivity contribution in [1.29, 1.82) is 0 Å². The van der Waals surface area contributed by atoms with Gasteiger partial charge in [-0.3, -0.25) is 0 Å². The molecular weight excluding hydrogens is 268 g/mol. The van der Waals surface area contributed by atoms with E-state index in [4.69, 9.17) is 4.74 Å². The molecule has 1 aromatic rings. The zero-order valence-electron chi connectivity index (χ0n) is 12.3. The summed E-state index contributed by atoms with van der Waals surface area (Å²) in [5.41, 5.74) is 0.981. The smallest absolute Gasteiger partial charge is 0.328 e. The first-order chi connectivity index (χ1) is 10.2. The quantitative estimate of drug-likeness (QED) is 0.815. The van der Waals surface area contributed by atoms with Crippen LogP contribution in [0, 0.1) is 0 Å². The highest BCUT2D eigenvalue weighted by molar-refractivity contribution is 5.83. The summed E-state index contributed by atoms with van der Waals surface area (Å²) >= 11 is 0. The van der Waals surface area contributed by atoms with E-state index in [9.17, 15) is 9.59 Å². The molecule has 1 aliphatic rings. The Morgan fingerprint density at radius 3 is 2.52 bits per heavy atom. The third kappa shape index (κ3) is 4.77. The fourth-order valence-corrected chi connectivity index (χ4v) is 2.64. The van der Waals surface area contributed by atoms with Crippen LogP contribution in [0.3, 0.4) is 0 Å². The van der Waals surface area contributed by atoms with Crippen LogP contribution >= 0.6 is 0 Å². The second-order valence-electron chi connectivity index (χ2n) is 5.36. The van der Waals surface area contributed by atoms with Crippen LogP contribution < -0.4 is 10.6 Å². The lowest BCUT2D eigenvalue weighted by molar-refractivity contribution is -0.142. The summed E-state index contributed by atoms with van der Waals surface area (Å²) in [6, 6.07) is 8.83. The Morgan fingerprint density at radius 1 is 1.24 bits per heavy atom. The summed E-state index contributed by atoms with van der Waals surface area (Å²) in [6.07, 6.45) is 4.74. The lowest BCUT2D eigenvalue weighted by Gasteiger charge is -2.19. The summed E-state index contributed by atoms with van der Waals surface area (Å²) in [5, 5.41) is 5.63. The van der Waals surface area contributed by atoms with E-state index >= 15 is 0 Å². The average Bonchev–Trinajstić information content (AvgIpc) is 2.99. The molecular formula is C16H22N2O3. The number of benzene rings is 1. The topological polar surface area (TPSA) is 67.4 Å². The first kappa shape index (κ1) is 15.4. The normalized spacial score (nSPS) is 16.2. The largest absolute Gasteiger partial charge is 0.467 e. The molecule has 0 aromatic heterocycles. The number of amides is 2. The highest BCUT2D eigenvalue weighted by atomic mass is 16.5. The lowest BCUT2D eigenvalue weighted by atomic mass is 10.1. The van der Waals surface area contributed by atoms with Gasteiger partial charge in [0, 0.05) is 12.5 Å². The molecule has 1 aromatic carbocycles. The van der Waals surface area contributed by atoms with Gasteiger partial charge in [-0.15, -0.1) is 0 Å². The van der Waals surface area contributed by atoms with Crippen LogP contribution in [-0.4, -0.2) is 31.2 Å². The third-order valence-corrected chi connectivity index (χ3v) is 3.76. The molecule has 1 atom stereocenters. The number of methoxy groups -OCH3 is 1. The van der Waals surface area contributed by atoms with Gasteiger partial charge in [-0.05, 0) is 18.4 Å². The molecule has 21 heavy (non-hydrogen) atoms. The molecule has 0 aliphatic heterocycles. The zero-order valence-corrected chi connectivity index (χ0v) is 12.3. The number of rotatable bonds is 5. The first-order valence-electron chi connectivity index (χ1n) is 7.38. The molecule has 0 spiro atoms. The number of esters is 1. The van der Waals surface area contributed by atoms with Crippen LogP contribution in [0.2, 0.25) is 0 Å². The van der Waals surface area contributed by atoms with Gasteiger partial charge in [0.2, 0.25) is 0 Å². The van der Waals surface area contributed by atoms with Crippen molar-refractivity contribution in [3.8, 4) is 0 Å². The Bertz CT molecular complexity index is 470. The fourth-order valence-electron chi connectivity index (χ4n) is 2.64. The van der Waals surface area contributed by atoms with Gasteiger partial charge in [0.05, 0.1) is 7.11 Å². The average molecular weight is 290 g/mol. The number of nitrogens with one attached hydrogen (secondary N) is 2. The fraction of sp³-hybridized carbons (Fsp3) is 0.500. The van der Waals surface area contributed by atoms with Gasteiger partial charge in [-0.25, -0.2) is 9.59 Å². The summed E-state index contributed by atoms with van der Waals surface area (Å²) in [7, 11) is 1.33. The van der Waals surface area contributed by atoms with E-state index in [1.54, 1.807) is 0 Å². The second-order valence-corrected chi connectivity index (χ2v) is 5.36. The van der Waals surface area contributed by atoms with Crippen molar-refractivity contribution in [3.05, 3.63) is 35.9 Å². The molecule has 2 N–H and O–H groups in total. The SMILES string of the molecule is COC(=O)[C@H](Cc1ccccc1)NC(=O)NC1CCCC1. The molecule has 0 bridgehead atoms. The summed E-state index contributed by atoms with van der Waals surface area (Å²) in [5.74, 6) is -0.430. The van der Waals surface area contributed by atoms with Crippen molar-refractivity contribution in [3.63, 3.8) is 0 Å². The number of urea groups is 1. The Morgan fingerprint density at radius 2 is 1.90 bits per heavy atom. The minimum atomic E-state index is -0.668. The Kier molecular flexibility index (Phi) is 5.60. The van der Waals surface area contributed by atoms with E-state index in [0.29, 0.717) is 6.42 Å². The molecule has 0 unspecified atom stereocenters. The van der Waals surface area contributed by atoms with Crippen molar-refractivity contribution < 1.29 is 14.3 Å². The molecule has 114 valence electrons. The van der Waals surface area contributed by atoms with Gasteiger partial charge in [-0.2, -0.15) is 0 Å².